The number of nitrogen functional groups attached to an aromatic ring is 1. The van der Waals surface area contributed by atoms with Crippen molar-refractivity contribution in [3.8, 4) is 5.75 Å². The van der Waals surface area contributed by atoms with Gasteiger partial charge in [-0.2, -0.15) is 0 Å². The highest BCUT2D eigenvalue weighted by atomic mass is 79.9. The van der Waals surface area contributed by atoms with Gasteiger partial charge in [0.05, 0.1) is 29.9 Å². The summed E-state index contributed by atoms with van der Waals surface area (Å²) in [6, 6.07) is 8.80. The summed E-state index contributed by atoms with van der Waals surface area (Å²) in [5, 5.41) is 2.80. The Morgan fingerprint density at radius 1 is 1.40 bits per heavy atom. The highest BCUT2D eigenvalue weighted by Gasteiger charge is 2.07. The van der Waals surface area contributed by atoms with E-state index in [4.69, 9.17) is 10.5 Å². The maximum Gasteiger partial charge on any atom is 0.230 e. The third-order valence-electron chi connectivity index (χ3n) is 2.62. The van der Waals surface area contributed by atoms with E-state index in [-0.39, 0.29) is 12.3 Å². The van der Waals surface area contributed by atoms with Crippen LogP contribution in [0, 0.1) is 0 Å². The predicted molar refractivity (Wildman–Crippen MR) is 81.7 cm³/mol. The van der Waals surface area contributed by atoms with Gasteiger partial charge in [-0.3, -0.25) is 9.78 Å². The summed E-state index contributed by atoms with van der Waals surface area (Å²) in [4.78, 5) is 16.0. The lowest BCUT2D eigenvalue weighted by Crippen LogP contribution is -2.15. The van der Waals surface area contributed by atoms with Gasteiger partial charge in [-0.05, 0) is 46.3 Å². The van der Waals surface area contributed by atoms with Gasteiger partial charge in [-0.25, -0.2) is 0 Å². The number of pyridine rings is 1. The number of carbonyl (C=O) groups excluding carboxylic acids is 1. The molecule has 0 saturated heterocycles. The van der Waals surface area contributed by atoms with Crippen LogP contribution in [0.3, 0.4) is 0 Å². The number of benzene rings is 1. The monoisotopic (exact) mass is 335 g/mol. The van der Waals surface area contributed by atoms with Gasteiger partial charge in [0.1, 0.15) is 5.75 Å². The second-order valence-electron chi connectivity index (χ2n) is 4.16. The number of aromatic nitrogens is 1. The number of halogens is 1. The van der Waals surface area contributed by atoms with E-state index in [1.807, 2.05) is 0 Å². The molecule has 1 aromatic heterocycles. The standard InChI is InChI=1S/C14H14BrN3O2/c1-20-13-5-4-11(6-12(13)15)18-14(19)7-10-3-2-9(16)8-17-10/h2-6,8H,7,16H2,1H3,(H,18,19). The van der Waals surface area contributed by atoms with Gasteiger partial charge in [-0.15, -0.1) is 0 Å². The number of hydrogen-bond donors (Lipinski definition) is 2. The molecule has 0 spiro atoms. The van der Waals surface area contributed by atoms with Gasteiger partial charge in [0.2, 0.25) is 5.91 Å². The molecule has 0 bridgehead atoms. The van der Waals surface area contributed by atoms with Gasteiger partial charge in [0, 0.05) is 11.4 Å². The van der Waals surface area contributed by atoms with Crippen molar-refractivity contribution in [2.45, 2.75) is 6.42 Å². The zero-order valence-corrected chi connectivity index (χ0v) is 12.5. The van der Waals surface area contributed by atoms with Gasteiger partial charge in [0.15, 0.2) is 0 Å². The van der Waals surface area contributed by atoms with Crippen molar-refractivity contribution in [1.29, 1.82) is 0 Å². The van der Waals surface area contributed by atoms with E-state index >= 15 is 0 Å². The Balaban J connectivity index is 2.01. The Hall–Kier alpha value is -2.08. The van der Waals surface area contributed by atoms with E-state index < -0.39 is 0 Å². The molecule has 0 saturated carbocycles. The summed E-state index contributed by atoms with van der Waals surface area (Å²) in [6.45, 7) is 0. The van der Waals surface area contributed by atoms with E-state index in [1.165, 1.54) is 6.20 Å². The average molecular weight is 336 g/mol. The van der Waals surface area contributed by atoms with Crippen molar-refractivity contribution >= 4 is 33.2 Å². The molecule has 104 valence electrons. The van der Waals surface area contributed by atoms with Gasteiger partial charge >= 0.3 is 0 Å². The molecule has 0 aliphatic rings. The second-order valence-corrected chi connectivity index (χ2v) is 5.01. The molecule has 0 fully saturated rings. The fourth-order valence-corrected chi connectivity index (χ4v) is 2.19. The molecule has 0 atom stereocenters. The molecule has 2 rings (SSSR count). The van der Waals surface area contributed by atoms with Gasteiger partial charge in [0.25, 0.3) is 0 Å². The maximum atomic E-state index is 11.9. The maximum absolute atomic E-state index is 11.9. The number of anilines is 2. The van der Waals surface area contributed by atoms with Crippen LogP contribution in [0.4, 0.5) is 11.4 Å². The molecule has 5 nitrogen and oxygen atoms in total. The molecule has 6 heteroatoms. The van der Waals surface area contributed by atoms with Crippen LogP contribution >= 0.6 is 15.9 Å². The normalized spacial score (nSPS) is 10.1. The Labute approximate surface area is 125 Å². The molecule has 0 radical (unpaired) electrons. The van der Waals surface area contributed by atoms with Crippen molar-refractivity contribution in [1.82, 2.24) is 4.98 Å². The van der Waals surface area contributed by atoms with Crippen molar-refractivity contribution in [2.75, 3.05) is 18.2 Å². The van der Waals surface area contributed by atoms with Crippen molar-refractivity contribution in [3.63, 3.8) is 0 Å². The number of carbonyl (C=O) groups is 1. The number of nitrogens with two attached hydrogens (primary N) is 1. The molecule has 3 N–H and O–H groups in total. The van der Waals surface area contributed by atoms with Gasteiger partial charge in [-0.1, -0.05) is 0 Å². The lowest BCUT2D eigenvalue weighted by Gasteiger charge is -2.08. The van der Waals surface area contributed by atoms with E-state index in [0.29, 0.717) is 22.8 Å². The van der Waals surface area contributed by atoms with Crippen molar-refractivity contribution in [2.24, 2.45) is 0 Å². The van der Waals surface area contributed by atoms with E-state index in [9.17, 15) is 4.79 Å². The van der Waals surface area contributed by atoms with Crippen LogP contribution < -0.4 is 15.8 Å². The van der Waals surface area contributed by atoms with Crippen LogP contribution in [0.15, 0.2) is 41.0 Å². The minimum absolute atomic E-state index is 0.140. The number of ether oxygens (including phenoxy) is 1. The van der Waals surface area contributed by atoms with E-state index in [0.717, 1.165) is 4.47 Å². The topological polar surface area (TPSA) is 77.2 Å². The summed E-state index contributed by atoms with van der Waals surface area (Å²) >= 11 is 3.37. The zero-order chi connectivity index (χ0) is 14.5. The Kier molecular flexibility index (Phi) is 4.57. The van der Waals surface area contributed by atoms with Crippen LogP contribution in [0.1, 0.15) is 5.69 Å². The van der Waals surface area contributed by atoms with Gasteiger partial charge < -0.3 is 15.8 Å². The smallest absolute Gasteiger partial charge is 0.230 e. The van der Waals surface area contributed by atoms with E-state index in [1.54, 1.807) is 37.4 Å². The minimum atomic E-state index is -0.140. The lowest BCUT2D eigenvalue weighted by atomic mass is 10.2. The zero-order valence-electron chi connectivity index (χ0n) is 10.9. The number of nitrogens with zero attached hydrogens (tertiary/aromatic N) is 1. The van der Waals surface area contributed by atoms with Crippen molar-refractivity contribution in [3.05, 3.63) is 46.7 Å². The molecule has 0 aliphatic heterocycles. The van der Waals surface area contributed by atoms with Crippen LogP contribution in [-0.4, -0.2) is 18.0 Å². The molecular formula is C14H14BrN3O2. The molecule has 0 unspecified atom stereocenters. The average Bonchev–Trinajstić information content (AvgIpc) is 2.41. The fourth-order valence-electron chi connectivity index (χ4n) is 1.65. The number of nitrogens with one attached hydrogen (secondary N) is 1. The molecule has 1 aromatic carbocycles. The summed E-state index contributed by atoms with van der Waals surface area (Å²) in [5.41, 5.74) is 7.49. The molecule has 1 amide bonds. The second kappa shape index (κ2) is 6.38. The Morgan fingerprint density at radius 3 is 2.80 bits per heavy atom. The van der Waals surface area contributed by atoms with Crippen molar-refractivity contribution < 1.29 is 9.53 Å². The SMILES string of the molecule is COc1ccc(NC(=O)Cc2ccc(N)cn2)cc1Br. The highest BCUT2D eigenvalue weighted by molar-refractivity contribution is 9.10. The molecule has 1 heterocycles. The van der Waals surface area contributed by atoms with Crippen LogP contribution in [0.25, 0.3) is 0 Å². The Bertz CT molecular complexity index is 614. The third-order valence-corrected chi connectivity index (χ3v) is 3.24. The number of amides is 1. The number of rotatable bonds is 4. The number of methoxy groups -OCH3 is 1. The third kappa shape index (κ3) is 3.71. The number of hydrogen-bond acceptors (Lipinski definition) is 4. The summed E-state index contributed by atoms with van der Waals surface area (Å²) in [7, 11) is 1.59. The quantitative estimate of drug-likeness (QED) is 0.900. The largest absolute Gasteiger partial charge is 0.496 e. The molecule has 20 heavy (non-hydrogen) atoms. The summed E-state index contributed by atoms with van der Waals surface area (Å²) in [5.74, 6) is 0.572. The highest BCUT2D eigenvalue weighted by Crippen LogP contribution is 2.27. The predicted octanol–water partition coefficient (Wildman–Crippen LogP) is 2.62. The van der Waals surface area contributed by atoms with Crippen LogP contribution in [-0.2, 0) is 11.2 Å². The fraction of sp³-hybridized carbons (Fsp3) is 0.143. The van der Waals surface area contributed by atoms with Crippen LogP contribution in [0.5, 0.6) is 5.75 Å². The first-order chi connectivity index (χ1) is 9.58. The summed E-state index contributed by atoms with van der Waals surface area (Å²) in [6.07, 6.45) is 1.73. The first kappa shape index (κ1) is 14.3. The molecule has 0 aliphatic carbocycles. The lowest BCUT2D eigenvalue weighted by molar-refractivity contribution is -0.115. The first-order valence-corrected chi connectivity index (χ1v) is 6.71. The minimum Gasteiger partial charge on any atom is -0.496 e. The van der Waals surface area contributed by atoms with E-state index in [2.05, 4.69) is 26.2 Å². The molecular weight excluding hydrogens is 322 g/mol. The Morgan fingerprint density at radius 2 is 2.20 bits per heavy atom. The first-order valence-electron chi connectivity index (χ1n) is 5.92. The summed E-state index contributed by atoms with van der Waals surface area (Å²) < 4.78 is 5.91. The molecule has 2 aromatic rings. The van der Waals surface area contributed by atoms with Crippen LogP contribution in [0.2, 0.25) is 0 Å².